The summed E-state index contributed by atoms with van der Waals surface area (Å²) in [5.74, 6) is -0.0266. The highest BCUT2D eigenvalue weighted by molar-refractivity contribution is 7.14. The van der Waals surface area contributed by atoms with Gasteiger partial charge in [-0.25, -0.2) is 4.98 Å². The van der Waals surface area contributed by atoms with Gasteiger partial charge < -0.3 is 5.32 Å². The molecule has 1 aromatic carbocycles. The minimum atomic E-state index is -0.438. The van der Waals surface area contributed by atoms with E-state index in [1.807, 2.05) is 19.2 Å². The molecule has 7 heteroatoms. The number of nitro benzene ring substituents is 1. The molecule has 0 fully saturated rings. The van der Waals surface area contributed by atoms with Gasteiger partial charge in [-0.1, -0.05) is 13.8 Å². The maximum absolute atomic E-state index is 12.0. The molecule has 1 heterocycles. The van der Waals surface area contributed by atoms with Crippen LogP contribution in [0.2, 0.25) is 0 Å². The molecule has 0 saturated heterocycles. The number of rotatable bonds is 6. The number of hydrogen-bond acceptors (Lipinski definition) is 5. The largest absolute Gasteiger partial charge is 0.302 e. The molecule has 0 unspecified atom stereocenters. The number of amides is 1. The molecule has 0 atom stereocenters. The molecule has 1 aromatic heterocycles. The maximum Gasteiger partial charge on any atom is 0.269 e. The van der Waals surface area contributed by atoms with Crippen molar-refractivity contribution in [3.63, 3.8) is 0 Å². The van der Waals surface area contributed by atoms with Crippen molar-refractivity contribution >= 4 is 28.1 Å². The van der Waals surface area contributed by atoms with E-state index in [0.29, 0.717) is 10.8 Å². The van der Waals surface area contributed by atoms with Gasteiger partial charge in [0.05, 0.1) is 10.6 Å². The molecule has 0 radical (unpaired) electrons. The monoisotopic (exact) mass is 319 g/mol. The second-order valence-electron chi connectivity index (χ2n) is 4.84. The summed E-state index contributed by atoms with van der Waals surface area (Å²) in [7, 11) is 0. The summed E-state index contributed by atoms with van der Waals surface area (Å²) < 4.78 is 0. The standard InChI is InChI=1S/C15H17N3O3S/c1-3-10(4-2)14(19)17-15-16-13(9-22-15)11-5-7-12(8-6-11)18(20)21/h5-10H,3-4H2,1-2H3,(H,16,17,19). The molecule has 1 N–H and O–H groups in total. The zero-order valence-corrected chi connectivity index (χ0v) is 13.2. The van der Waals surface area contributed by atoms with E-state index in [2.05, 4.69) is 10.3 Å². The van der Waals surface area contributed by atoms with Gasteiger partial charge in [0.2, 0.25) is 5.91 Å². The third-order valence-corrected chi connectivity index (χ3v) is 4.22. The van der Waals surface area contributed by atoms with Gasteiger partial charge in [-0.2, -0.15) is 0 Å². The highest BCUT2D eigenvalue weighted by Gasteiger charge is 2.16. The van der Waals surface area contributed by atoms with Crippen molar-refractivity contribution in [2.45, 2.75) is 26.7 Å². The lowest BCUT2D eigenvalue weighted by Crippen LogP contribution is -2.21. The number of benzene rings is 1. The fourth-order valence-corrected chi connectivity index (χ4v) is 2.81. The van der Waals surface area contributed by atoms with Gasteiger partial charge in [-0.15, -0.1) is 11.3 Å². The average Bonchev–Trinajstić information content (AvgIpc) is 2.97. The Morgan fingerprint density at radius 2 is 1.95 bits per heavy atom. The van der Waals surface area contributed by atoms with E-state index in [0.717, 1.165) is 18.4 Å². The zero-order chi connectivity index (χ0) is 16.1. The summed E-state index contributed by atoms with van der Waals surface area (Å²) in [5, 5.41) is 15.8. The minimum absolute atomic E-state index is 0.00766. The lowest BCUT2D eigenvalue weighted by molar-refractivity contribution is -0.384. The molecule has 2 aromatic rings. The Labute approximate surface area is 132 Å². The lowest BCUT2D eigenvalue weighted by Gasteiger charge is -2.10. The van der Waals surface area contributed by atoms with Crippen LogP contribution >= 0.6 is 11.3 Å². The van der Waals surface area contributed by atoms with Crippen LogP contribution in [-0.4, -0.2) is 15.8 Å². The molecule has 0 bridgehead atoms. The van der Waals surface area contributed by atoms with Crippen molar-refractivity contribution in [1.29, 1.82) is 0 Å². The topological polar surface area (TPSA) is 85.1 Å². The summed E-state index contributed by atoms with van der Waals surface area (Å²) in [5.41, 5.74) is 1.52. The number of carbonyl (C=O) groups is 1. The molecule has 0 saturated carbocycles. The van der Waals surface area contributed by atoms with Crippen LogP contribution in [0.25, 0.3) is 11.3 Å². The molecule has 0 aliphatic carbocycles. The Morgan fingerprint density at radius 1 is 1.32 bits per heavy atom. The first-order valence-electron chi connectivity index (χ1n) is 7.06. The fraction of sp³-hybridized carbons (Fsp3) is 0.333. The molecule has 0 spiro atoms. The zero-order valence-electron chi connectivity index (χ0n) is 12.4. The van der Waals surface area contributed by atoms with E-state index >= 15 is 0 Å². The number of aromatic nitrogens is 1. The van der Waals surface area contributed by atoms with E-state index < -0.39 is 4.92 Å². The number of hydrogen-bond donors (Lipinski definition) is 1. The van der Waals surface area contributed by atoms with Gasteiger partial charge in [0.25, 0.3) is 5.69 Å². The Morgan fingerprint density at radius 3 is 2.50 bits per heavy atom. The first-order chi connectivity index (χ1) is 10.5. The fourth-order valence-electron chi connectivity index (χ4n) is 2.08. The van der Waals surface area contributed by atoms with Gasteiger partial charge in [-0.05, 0) is 25.0 Å². The molecule has 22 heavy (non-hydrogen) atoms. The molecular weight excluding hydrogens is 302 g/mol. The average molecular weight is 319 g/mol. The second-order valence-corrected chi connectivity index (χ2v) is 5.70. The third-order valence-electron chi connectivity index (χ3n) is 3.46. The van der Waals surface area contributed by atoms with Gasteiger partial charge in [0.1, 0.15) is 0 Å². The number of nitro groups is 1. The summed E-state index contributed by atoms with van der Waals surface area (Å²) in [4.78, 5) is 26.6. The van der Waals surface area contributed by atoms with E-state index in [-0.39, 0.29) is 17.5 Å². The van der Waals surface area contributed by atoms with Gasteiger partial charge >= 0.3 is 0 Å². The van der Waals surface area contributed by atoms with E-state index in [9.17, 15) is 14.9 Å². The third kappa shape index (κ3) is 3.67. The van der Waals surface area contributed by atoms with Crippen LogP contribution < -0.4 is 5.32 Å². The maximum atomic E-state index is 12.0. The second kappa shape index (κ2) is 7.13. The summed E-state index contributed by atoms with van der Waals surface area (Å²) >= 11 is 1.34. The number of anilines is 1. The van der Waals surface area contributed by atoms with Crippen molar-refractivity contribution in [1.82, 2.24) is 4.98 Å². The van der Waals surface area contributed by atoms with Crippen LogP contribution in [0.5, 0.6) is 0 Å². The minimum Gasteiger partial charge on any atom is -0.302 e. The van der Waals surface area contributed by atoms with Crippen molar-refractivity contribution in [2.75, 3.05) is 5.32 Å². The number of nitrogens with one attached hydrogen (secondary N) is 1. The van der Waals surface area contributed by atoms with Crippen LogP contribution in [0.15, 0.2) is 29.6 Å². The first-order valence-corrected chi connectivity index (χ1v) is 7.94. The summed E-state index contributed by atoms with van der Waals surface area (Å²) in [6.45, 7) is 3.97. The Kier molecular flexibility index (Phi) is 5.21. The van der Waals surface area contributed by atoms with Crippen molar-refractivity contribution in [3.05, 3.63) is 39.8 Å². The molecule has 1 amide bonds. The van der Waals surface area contributed by atoms with Crippen LogP contribution in [0.1, 0.15) is 26.7 Å². The first kappa shape index (κ1) is 16.1. The van der Waals surface area contributed by atoms with Crippen molar-refractivity contribution < 1.29 is 9.72 Å². The van der Waals surface area contributed by atoms with E-state index in [1.54, 1.807) is 12.1 Å². The Balaban J connectivity index is 2.11. The highest BCUT2D eigenvalue weighted by Crippen LogP contribution is 2.27. The van der Waals surface area contributed by atoms with Gasteiger partial charge in [0.15, 0.2) is 5.13 Å². The van der Waals surface area contributed by atoms with Crippen LogP contribution in [0.3, 0.4) is 0 Å². The predicted octanol–water partition coefficient (Wildman–Crippen LogP) is 4.09. The molecule has 0 aliphatic heterocycles. The smallest absolute Gasteiger partial charge is 0.269 e. The van der Waals surface area contributed by atoms with Crippen LogP contribution in [0, 0.1) is 16.0 Å². The van der Waals surface area contributed by atoms with E-state index in [1.165, 1.54) is 23.5 Å². The SMILES string of the molecule is CCC(CC)C(=O)Nc1nc(-c2ccc([N+](=O)[O-])cc2)cs1. The quantitative estimate of drug-likeness (QED) is 0.642. The number of carbonyl (C=O) groups excluding carboxylic acids is 1. The van der Waals surface area contributed by atoms with Crippen LogP contribution in [0.4, 0.5) is 10.8 Å². The van der Waals surface area contributed by atoms with Gasteiger partial charge in [0, 0.05) is 29.0 Å². The highest BCUT2D eigenvalue weighted by atomic mass is 32.1. The van der Waals surface area contributed by atoms with Crippen LogP contribution in [-0.2, 0) is 4.79 Å². The number of nitrogens with zero attached hydrogens (tertiary/aromatic N) is 2. The molecule has 6 nitrogen and oxygen atoms in total. The summed E-state index contributed by atoms with van der Waals surface area (Å²) in [6.07, 6.45) is 1.59. The van der Waals surface area contributed by atoms with E-state index in [4.69, 9.17) is 0 Å². The normalized spacial score (nSPS) is 10.7. The molecule has 2 rings (SSSR count). The number of non-ortho nitro benzene ring substituents is 1. The predicted molar refractivity (Wildman–Crippen MR) is 86.9 cm³/mol. The Bertz CT molecular complexity index is 663. The van der Waals surface area contributed by atoms with Crippen molar-refractivity contribution in [2.24, 2.45) is 5.92 Å². The Hall–Kier alpha value is -2.28. The molecule has 0 aliphatic rings. The number of thiazole rings is 1. The molecule has 116 valence electrons. The molecular formula is C15H17N3O3S. The van der Waals surface area contributed by atoms with Gasteiger partial charge in [-0.3, -0.25) is 14.9 Å². The summed E-state index contributed by atoms with van der Waals surface area (Å²) in [6, 6.07) is 6.19. The van der Waals surface area contributed by atoms with Crippen molar-refractivity contribution in [3.8, 4) is 11.3 Å². The lowest BCUT2D eigenvalue weighted by atomic mass is 10.0.